The number of aliphatic carboxylic acids is 2. The highest BCUT2D eigenvalue weighted by molar-refractivity contribution is 5.94. The van der Waals surface area contributed by atoms with Gasteiger partial charge in [-0.2, -0.15) is 0 Å². The molecule has 0 radical (unpaired) electrons. The molecule has 8 N–H and O–H groups in total. The summed E-state index contributed by atoms with van der Waals surface area (Å²) in [6.07, 6.45) is -0.669. The third-order valence-corrected chi connectivity index (χ3v) is 3.03. The van der Waals surface area contributed by atoms with Crippen LogP contribution in [0.25, 0.3) is 0 Å². The van der Waals surface area contributed by atoms with E-state index in [0.29, 0.717) is 0 Å². The van der Waals surface area contributed by atoms with Crippen molar-refractivity contribution in [1.82, 2.24) is 16.0 Å². The maximum Gasteiger partial charge on any atom is 0.325 e. The Bertz CT molecular complexity index is 538. The minimum absolute atomic E-state index is 0.669. The van der Waals surface area contributed by atoms with Crippen LogP contribution in [0.3, 0.4) is 0 Å². The molecular formula is C13H22N4O8. The van der Waals surface area contributed by atoms with Crippen molar-refractivity contribution in [2.75, 3.05) is 6.61 Å². The zero-order valence-electron chi connectivity index (χ0n) is 13.7. The molecule has 0 aromatic rings. The Labute approximate surface area is 142 Å². The molecule has 0 spiro atoms. The van der Waals surface area contributed by atoms with E-state index in [-0.39, 0.29) is 0 Å². The summed E-state index contributed by atoms with van der Waals surface area (Å²) in [5.41, 5.74) is 5.33. The summed E-state index contributed by atoms with van der Waals surface area (Å²) >= 11 is 0. The average Bonchev–Trinajstić information content (AvgIpc) is 2.50. The van der Waals surface area contributed by atoms with Crippen LogP contribution < -0.4 is 21.7 Å². The average molecular weight is 362 g/mol. The Morgan fingerprint density at radius 1 is 0.880 bits per heavy atom. The molecule has 0 aliphatic carbocycles. The topological polar surface area (TPSA) is 208 Å². The maximum atomic E-state index is 11.9. The molecule has 142 valence electrons. The van der Waals surface area contributed by atoms with Crippen LogP contribution in [-0.4, -0.2) is 75.8 Å². The maximum absolute atomic E-state index is 11.9. The van der Waals surface area contributed by atoms with E-state index in [1.54, 1.807) is 0 Å². The van der Waals surface area contributed by atoms with Crippen molar-refractivity contribution in [2.24, 2.45) is 5.73 Å². The van der Waals surface area contributed by atoms with Gasteiger partial charge in [0.25, 0.3) is 0 Å². The molecule has 25 heavy (non-hydrogen) atoms. The molecular weight excluding hydrogens is 340 g/mol. The number of hydrogen-bond acceptors (Lipinski definition) is 7. The summed E-state index contributed by atoms with van der Waals surface area (Å²) in [5.74, 6) is -5.25. The fourth-order valence-electron chi connectivity index (χ4n) is 1.53. The zero-order valence-corrected chi connectivity index (χ0v) is 13.7. The second kappa shape index (κ2) is 10.2. The van der Waals surface area contributed by atoms with Gasteiger partial charge in [0.2, 0.25) is 17.7 Å². The number of amides is 3. The number of hydrogen-bond donors (Lipinski definition) is 7. The van der Waals surface area contributed by atoms with Crippen molar-refractivity contribution in [3.05, 3.63) is 0 Å². The first-order valence-electron chi connectivity index (χ1n) is 7.21. The molecule has 0 saturated carbocycles. The Kier molecular flexibility index (Phi) is 9.09. The molecule has 0 rings (SSSR count). The van der Waals surface area contributed by atoms with E-state index in [1.165, 1.54) is 13.8 Å². The van der Waals surface area contributed by atoms with Crippen molar-refractivity contribution in [1.29, 1.82) is 0 Å². The summed E-state index contributed by atoms with van der Waals surface area (Å²) in [6, 6.07) is -5.20. The molecule has 0 aromatic carbocycles. The number of carbonyl (C=O) groups excluding carboxylic acids is 3. The van der Waals surface area contributed by atoms with Gasteiger partial charge in [-0.15, -0.1) is 0 Å². The monoisotopic (exact) mass is 362 g/mol. The molecule has 0 aromatic heterocycles. The lowest BCUT2D eigenvalue weighted by atomic mass is 10.1. The van der Waals surface area contributed by atoms with Crippen LogP contribution in [0.2, 0.25) is 0 Å². The Morgan fingerprint density at radius 2 is 1.40 bits per heavy atom. The summed E-state index contributed by atoms with van der Waals surface area (Å²) in [6.45, 7) is 1.68. The van der Waals surface area contributed by atoms with Crippen molar-refractivity contribution >= 4 is 29.7 Å². The van der Waals surface area contributed by atoms with Crippen molar-refractivity contribution in [3.63, 3.8) is 0 Å². The molecule has 0 aliphatic rings. The normalized spacial score (nSPS) is 15.2. The number of nitrogens with two attached hydrogens (primary N) is 1. The second-order valence-corrected chi connectivity index (χ2v) is 5.25. The van der Waals surface area contributed by atoms with Gasteiger partial charge in [-0.1, -0.05) is 0 Å². The molecule has 0 bridgehead atoms. The SMILES string of the molecule is CC(NC(=O)C(C)NC(=O)C(CO)NC(=O)C(N)CC(=O)O)C(=O)O. The smallest absolute Gasteiger partial charge is 0.325 e. The lowest BCUT2D eigenvalue weighted by Gasteiger charge is -2.21. The standard InChI is InChI=1S/C13H22N4O8/c1-5(10(21)16-6(2)13(24)25)15-12(23)8(4-18)17-11(22)7(14)3-9(19)20/h5-8,18H,3-4,14H2,1-2H3,(H,15,23)(H,16,21)(H,17,22)(H,19,20)(H,24,25). The number of nitrogens with one attached hydrogen (secondary N) is 3. The van der Waals surface area contributed by atoms with Gasteiger partial charge in [0.15, 0.2) is 0 Å². The number of carboxylic acids is 2. The number of rotatable bonds is 10. The fraction of sp³-hybridized carbons (Fsp3) is 0.615. The summed E-state index contributed by atoms with van der Waals surface area (Å²) in [5, 5.41) is 32.8. The molecule has 4 unspecified atom stereocenters. The van der Waals surface area contributed by atoms with Crippen LogP contribution in [0.5, 0.6) is 0 Å². The Morgan fingerprint density at radius 3 is 1.84 bits per heavy atom. The second-order valence-electron chi connectivity index (χ2n) is 5.25. The van der Waals surface area contributed by atoms with Gasteiger partial charge in [-0.3, -0.25) is 24.0 Å². The molecule has 0 aliphatic heterocycles. The predicted molar refractivity (Wildman–Crippen MR) is 82.1 cm³/mol. The number of aliphatic hydroxyl groups excluding tert-OH is 1. The van der Waals surface area contributed by atoms with E-state index < -0.39 is 66.9 Å². The van der Waals surface area contributed by atoms with Gasteiger partial charge >= 0.3 is 11.9 Å². The van der Waals surface area contributed by atoms with Crippen LogP contribution in [-0.2, 0) is 24.0 Å². The summed E-state index contributed by atoms with van der Waals surface area (Å²) in [7, 11) is 0. The third-order valence-electron chi connectivity index (χ3n) is 3.03. The van der Waals surface area contributed by atoms with Gasteiger partial charge in [-0.05, 0) is 13.8 Å². The number of carboxylic acid groups (broad SMARTS) is 2. The van der Waals surface area contributed by atoms with Crippen molar-refractivity contribution in [2.45, 2.75) is 44.4 Å². The highest BCUT2D eigenvalue weighted by Gasteiger charge is 2.27. The van der Waals surface area contributed by atoms with Crippen molar-refractivity contribution in [3.8, 4) is 0 Å². The first-order valence-corrected chi connectivity index (χ1v) is 7.21. The van der Waals surface area contributed by atoms with E-state index in [4.69, 9.17) is 21.1 Å². The van der Waals surface area contributed by atoms with Crippen LogP contribution >= 0.6 is 0 Å². The zero-order chi connectivity index (χ0) is 19.7. The Hall–Kier alpha value is -2.73. The lowest BCUT2D eigenvalue weighted by molar-refractivity contribution is -0.141. The van der Waals surface area contributed by atoms with E-state index in [2.05, 4.69) is 16.0 Å². The van der Waals surface area contributed by atoms with Gasteiger partial charge < -0.3 is 37.0 Å². The Balaban J connectivity index is 4.67. The quantitative estimate of drug-likeness (QED) is 0.204. The summed E-state index contributed by atoms with van der Waals surface area (Å²) < 4.78 is 0. The molecule has 12 nitrogen and oxygen atoms in total. The third kappa shape index (κ3) is 8.08. The van der Waals surface area contributed by atoms with E-state index >= 15 is 0 Å². The first kappa shape index (κ1) is 22.3. The van der Waals surface area contributed by atoms with Gasteiger partial charge in [-0.25, -0.2) is 0 Å². The van der Waals surface area contributed by atoms with E-state index in [0.717, 1.165) is 0 Å². The molecule has 0 fully saturated rings. The molecule has 4 atom stereocenters. The first-order chi connectivity index (χ1) is 11.5. The van der Waals surface area contributed by atoms with E-state index in [1.807, 2.05) is 0 Å². The minimum Gasteiger partial charge on any atom is -0.481 e. The highest BCUT2D eigenvalue weighted by Crippen LogP contribution is 1.94. The molecule has 0 heterocycles. The van der Waals surface area contributed by atoms with Crippen molar-refractivity contribution < 1.29 is 39.3 Å². The van der Waals surface area contributed by atoms with Gasteiger partial charge in [0.1, 0.15) is 18.1 Å². The van der Waals surface area contributed by atoms with Crippen LogP contribution in [0, 0.1) is 0 Å². The fourth-order valence-corrected chi connectivity index (χ4v) is 1.53. The van der Waals surface area contributed by atoms with Crippen LogP contribution in [0.4, 0.5) is 0 Å². The highest BCUT2D eigenvalue weighted by atomic mass is 16.4. The van der Waals surface area contributed by atoms with E-state index in [9.17, 15) is 24.0 Å². The van der Waals surface area contributed by atoms with Crippen LogP contribution in [0.1, 0.15) is 20.3 Å². The molecule has 3 amide bonds. The molecule has 0 saturated heterocycles. The molecule has 12 heteroatoms. The largest absolute Gasteiger partial charge is 0.481 e. The number of carbonyl (C=O) groups is 5. The number of aliphatic hydroxyl groups is 1. The summed E-state index contributed by atoms with van der Waals surface area (Å²) in [4.78, 5) is 56.5. The lowest BCUT2D eigenvalue weighted by Crippen LogP contribution is -2.57. The predicted octanol–water partition coefficient (Wildman–Crippen LogP) is -3.64. The van der Waals surface area contributed by atoms with Gasteiger partial charge in [0.05, 0.1) is 19.1 Å². The minimum atomic E-state index is -1.46. The van der Waals surface area contributed by atoms with Crippen LogP contribution in [0.15, 0.2) is 0 Å². The van der Waals surface area contributed by atoms with Gasteiger partial charge in [0, 0.05) is 0 Å².